The van der Waals surface area contributed by atoms with Gasteiger partial charge in [0.25, 0.3) is 0 Å². The first-order chi connectivity index (χ1) is 13.2. The Bertz CT molecular complexity index is 729. The van der Waals surface area contributed by atoms with Crippen LogP contribution in [0.5, 0.6) is 5.75 Å². The fourth-order valence-electron chi connectivity index (χ4n) is 2.91. The molecule has 1 saturated heterocycles. The van der Waals surface area contributed by atoms with Gasteiger partial charge in [-0.1, -0.05) is 30.3 Å². The van der Waals surface area contributed by atoms with E-state index in [1.807, 2.05) is 61.5 Å². The number of carbonyl (C=O) groups excluding carboxylic acids is 1. The Balaban J connectivity index is 0.00000280. The predicted octanol–water partition coefficient (Wildman–Crippen LogP) is 3.02. The van der Waals surface area contributed by atoms with Crippen LogP contribution in [0, 0.1) is 0 Å². The second-order valence-corrected chi connectivity index (χ2v) is 6.41. The van der Waals surface area contributed by atoms with Crippen LogP contribution in [0.15, 0.2) is 54.6 Å². The minimum atomic E-state index is -0.339. The Labute approximate surface area is 172 Å². The van der Waals surface area contributed by atoms with Gasteiger partial charge in [0.1, 0.15) is 18.4 Å². The molecule has 6 nitrogen and oxygen atoms in total. The van der Waals surface area contributed by atoms with Gasteiger partial charge in [0.2, 0.25) is 5.91 Å². The number of morpholine rings is 1. The third-order valence-corrected chi connectivity index (χ3v) is 4.30. The van der Waals surface area contributed by atoms with Gasteiger partial charge >= 0.3 is 0 Å². The lowest BCUT2D eigenvalue weighted by Gasteiger charge is -2.29. The molecule has 0 radical (unpaired) electrons. The summed E-state index contributed by atoms with van der Waals surface area (Å²) < 4.78 is 16.8. The lowest BCUT2D eigenvalue weighted by atomic mass is 10.1. The molecule has 1 aliphatic heterocycles. The zero-order valence-corrected chi connectivity index (χ0v) is 16.7. The summed E-state index contributed by atoms with van der Waals surface area (Å²) in [5.41, 5.74) is 1.75. The summed E-state index contributed by atoms with van der Waals surface area (Å²) in [4.78, 5) is 12.4. The molecule has 0 saturated carbocycles. The number of nitrogens with one attached hydrogen (secondary N) is 2. The maximum atomic E-state index is 12.4. The number of rotatable bonds is 8. The molecule has 2 aromatic rings. The van der Waals surface area contributed by atoms with Gasteiger partial charge in [-0.25, -0.2) is 0 Å². The first kappa shape index (κ1) is 22.2. The monoisotopic (exact) mass is 406 g/mol. The number of halogens is 1. The van der Waals surface area contributed by atoms with Crippen molar-refractivity contribution >= 4 is 24.0 Å². The minimum absolute atomic E-state index is 0. The highest BCUT2D eigenvalue weighted by molar-refractivity contribution is 5.95. The summed E-state index contributed by atoms with van der Waals surface area (Å²) >= 11 is 0. The van der Waals surface area contributed by atoms with Gasteiger partial charge in [0.05, 0.1) is 25.9 Å². The van der Waals surface area contributed by atoms with Crippen molar-refractivity contribution in [3.8, 4) is 5.75 Å². The summed E-state index contributed by atoms with van der Waals surface area (Å²) in [6, 6.07) is 17.0. The number of carbonyl (C=O) groups is 1. The van der Waals surface area contributed by atoms with Crippen LogP contribution in [-0.4, -0.2) is 44.4 Å². The van der Waals surface area contributed by atoms with Crippen LogP contribution in [0.1, 0.15) is 12.5 Å². The molecule has 152 valence electrons. The van der Waals surface area contributed by atoms with Gasteiger partial charge in [0, 0.05) is 12.2 Å². The highest BCUT2D eigenvalue weighted by Gasteiger charge is 2.28. The van der Waals surface area contributed by atoms with Crippen molar-refractivity contribution in [3.63, 3.8) is 0 Å². The van der Waals surface area contributed by atoms with E-state index < -0.39 is 0 Å². The van der Waals surface area contributed by atoms with Crippen LogP contribution in [0.4, 0.5) is 5.69 Å². The van der Waals surface area contributed by atoms with E-state index in [1.165, 1.54) is 0 Å². The molecule has 2 aromatic carbocycles. The fraction of sp³-hybridized carbons (Fsp3) is 0.381. The Morgan fingerprint density at radius 1 is 1.18 bits per heavy atom. The summed E-state index contributed by atoms with van der Waals surface area (Å²) in [6.07, 6.45) is -0.144. The molecule has 2 N–H and O–H groups in total. The first-order valence-electron chi connectivity index (χ1n) is 9.23. The van der Waals surface area contributed by atoms with E-state index in [0.29, 0.717) is 33.0 Å². The first-order valence-corrected chi connectivity index (χ1v) is 9.23. The van der Waals surface area contributed by atoms with E-state index in [2.05, 4.69) is 10.6 Å². The topological polar surface area (TPSA) is 68.8 Å². The zero-order valence-electron chi connectivity index (χ0n) is 15.9. The van der Waals surface area contributed by atoms with Crippen molar-refractivity contribution in [3.05, 3.63) is 60.2 Å². The Kier molecular flexibility index (Phi) is 9.23. The average molecular weight is 407 g/mol. The molecule has 7 heteroatoms. The van der Waals surface area contributed by atoms with Gasteiger partial charge in [-0.05, 0) is 36.8 Å². The van der Waals surface area contributed by atoms with Gasteiger partial charge in [-0.2, -0.15) is 0 Å². The van der Waals surface area contributed by atoms with Crippen molar-refractivity contribution in [2.75, 3.05) is 31.7 Å². The van der Waals surface area contributed by atoms with E-state index in [4.69, 9.17) is 14.2 Å². The summed E-state index contributed by atoms with van der Waals surface area (Å²) in [5.74, 6) is 0.747. The van der Waals surface area contributed by atoms with Crippen molar-refractivity contribution < 1.29 is 19.0 Å². The van der Waals surface area contributed by atoms with Crippen molar-refractivity contribution in [1.29, 1.82) is 0 Å². The summed E-state index contributed by atoms with van der Waals surface area (Å²) in [7, 11) is 0. The molecule has 28 heavy (non-hydrogen) atoms. The maximum absolute atomic E-state index is 12.4. The molecule has 0 aromatic heterocycles. The van der Waals surface area contributed by atoms with Crippen LogP contribution in [0.25, 0.3) is 0 Å². The molecule has 0 bridgehead atoms. The number of hydrogen-bond acceptors (Lipinski definition) is 5. The van der Waals surface area contributed by atoms with E-state index in [-0.39, 0.29) is 30.5 Å². The molecule has 1 amide bonds. The number of amides is 1. The van der Waals surface area contributed by atoms with Gasteiger partial charge in [-0.3, -0.25) is 4.79 Å². The lowest BCUT2D eigenvalue weighted by molar-refractivity contribution is -0.123. The molecule has 1 fully saturated rings. The molecular weight excluding hydrogens is 380 g/mol. The minimum Gasteiger partial charge on any atom is -0.491 e. The SMILES string of the molecule is C[C@H]1OCCN[C@@H]1C(=O)Nc1cccc(COCCOc2ccccc2)c1.Cl. The quantitative estimate of drug-likeness (QED) is 0.659. The van der Waals surface area contributed by atoms with Crippen LogP contribution in [-0.2, 0) is 20.9 Å². The summed E-state index contributed by atoms with van der Waals surface area (Å²) in [6.45, 7) is 4.66. The van der Waals surface area contributed by atoms with Gasteiger partial charge in [0.15, 0.2) is 0 Å². The summed E-state index contributed by atoms with van der Waals surface area (Å²) in [5, 5.41) is 6.13. The van der Waals surface area contributed by atoms with E-state index in [9.17, 15) is 4.79 Å². The number of para-hydroxylation sites is 1. The number of ether oxygens (including phenoxy) is 3. The Hall–Kier alpha value is -2.12. The van der Waals surface area contributed by atoms with E-state index >= 15 is 0 Å². The molecule has 0 unspecified atom stereocenters. The third-order valence-electron chi connectivity index (χ3n) is 4.30. The third kappa shape index (κ3) is 6.80. The Morgan fingerprint density at radius 3 is 2.79 bits per heavy atom. The van der Waals surface area contributed by atoms with Crippen LogP contribution in [0.2, 0.25) is 0 Å². The predicted molar refractivity (Wildman–Crippen MR) is 111 cm³/mol. The lowest BCUT2D eigenvalue weighted by Crippen LogP contribution is -2.53. The standard InChI is InChI=1S/C21H26N2O4.ClH/c1-16-20(22-10-11-26-16)21(24)23-18-7-5-6-17(14-18)15-25-12-13-27-19-8-3-2-4-9-19;/h2-9,14,16,20,22H,10-13,15H2,1H3,(H,23,24);1H/t16-,20+;/m1./s1. The normalized spacial score (nSPS) is 18.8. The average Bonchev–Trinajstić information content (AvgIpc) is 2.69. The van der Waals surface area contributed by atoms with Crippen molar-refractivity contribution in [2.24, 2.45) is 0 Å². The molecular formula is C21H27ClN2O4. The number of benzene rings is 2. The largest absolute Gasteiger partial charge is 0.491 e. The highest BCUT2D eigenvalue weighted by atomic mass is 35.5. The second kappa shape index (κ2) is 11.7. The zero-order chi connectivity index (χ0) is 18.9. The van der Waals surface area contributed by atoms with Crippen LogP contribution in [0.3, 0.4) is 0 Å². The van der Waals surface area contributed by atoms with E-state index in [1.54, 1.807) is 0 Å². The smallest absolute Gasteiger partial charge is 0.244 e. The van der Waals surface area contributed by atoms with Crippen LogP contribution >= 0.6 is 12.4 Å². The fourth-order valence-corrected chi connectivity index (χ4v) is 2.91. The highest BCUT2D eigenvalue weighted by Crippen LogP contribution is 2.14. The number of anilines is 1. The molecule has 0 spiro atoms. The second-order valence-electron chi connectivity index (χ2n) is 6.41. The van der Waals surface area contributed by atoms with Gasteiger partial charge < -0.3 is 24.8 Å². The molecule has 0 aliphatic carbocycles. The van der Waals surface area contributed by atoms with Crippen molar-refractivity contribution in [2.45, 2.75) is 25.7 Å². The molecule has 1 heterocycles. The molecule has 2 atom stereocenters. The Morgan fingerprint density at radius 2 is 2.00 bits per heavy atom. The molecule has 3 rings (SSSR count). The van der Waals surface area contributed by atoms with Gasteiger partial charge in [-0.15, -0.1) is 12.4 Å². The number of hydrogen-bond donors (Lipinski definition) is 2. The molecule has 1 aliphatic rings. The maximum Gasteiger partial charge on any atom is 0.244 e. The van der Waals surface area contributed by atoms with Crippen LogP contribution < -0.4 is 15.4 Å². The van der Waals surface area contributed by atoms with Crippen molar-refractivity contribution in [1.82, 2.24) is 5.32 Å². The van der Waals surface area contributed by atoms with E-state index in [0.717, 1.165) is 17.0 Å².